The zero-order chi connectivity index (χ0) is 12.8. The van der Waals surface area contributed by atoms with Crippen LogP contribution in [0, 0.1) is 0 Å². The first-order valence-corrected chi connectivity index (χ1v) is 8.67. The van der Waals surface area contributed by atoms with E-state index in [-0.39, 0.29) is 6.15 Å². The Kier molecular flexibility index (Phi) is 5.62. The Morgan fingerprint density at radius 2 is 1.94 bits per heavy atom. The lowest BCUT2D eigenvalue weighted by Gasteiger charge is -2.29. The molecule has 0 radical (unpaired) electrons. The third-order valence-corrected chi connectivity index (χ3v) is 2.96. The first-order valence-electron chi connectivity index (χ1n) is 5.26. The molecular weight excluding hydrogens is 227 g/mol. The molecule has 16 heavy (non-hydrogen) atoms. The maximum atomic E-state index is 13.4. The smallest absolute Gasteiger partial charge is 0.373 e. The fraction of sp³-hybridized carbons (Fsp3) is 0.727. The summed E-state index contributed by atoms with van der Waals surface area (Å²) in [4.78, 5) is 16.2. The van der Waals surface area contributed by atoms with Crippen molar-refractivity contribution in [1.29, 1.82) is 0 Å². The highest BCUT2D eigenvalue weighted by Crippen LogP contribution is 2.31. The number of allylic oxidation sites excluding steroid dienone is 2. The molecule has 0 fully saturated rings. The molecule has 0 aromatic rings. The van der Waals surface area contributed by atoms with E-state index in [0.717, 1.165) is 12.2 Å². The molecule has 1 aliphatic carbocycles. The van der Waals surface area contributed by atoms with Gasteiger partial charge < -0.3 is 4.43 Å². The lowest BCUT2D eigenvalue weighted by molar-refractivity contribution is -0.191. The first kappa shape index (κ1) is 15.1. The average Bonchev–Trinajstić information content (AvgIpc) is 2.08. The van der Waals surface area contributed by atoms with Crippen LogP contribution in [-0.2, 0) is 14.0 Å². The van der Waals surface area contributed by atoms with Gasteiger partial charge in [0, 0.05) is 12.8 Å². The van der Waals surface area contributed by atoms with E-state index in [0.29, 0.717) is 12.8 Å². The molecule has 92 valence electrons. The number of alkyl halides is 1. The number of hydrogen-bond acceptors (Lipinski definition) is 3. The minimum atomic E-state index is -1.48. The number of carbonyl (C=O) groups excluding carboxylic acids is 2. The molecule has 0 aromatic heterocycles. The number of halogens is 1. The third kappa shape index (κ3) is 7.37. The largest absolute Gasteiger partial charge is 0.548 e. The summed E-state index contributed by atoms with van der Waals surface area (Å²) < 4.78 is 19.2. The van der Waals surface area contributed by atoms with Crippen LogP contribution in [0.3, 0.4) is 0 Å². The maximum absolute atomic E-state index is 13.4. The molecule has 0 bridgehead atoms. The van der Waals surface area contributed by atoms with E-state index in [2.05, 4.69) is 19.6 Å². The Labute approximate surface area is 96.8 Å². The Morgan fingerprint density at radius 3 is 2.25 bits per heavy atom. The molecule has 0 amide bonds. The monoisotopic (exact) mass is 246 g/mol. The third-order valence-electron chi connectivity index (χ3n) is 2.09. The van der Waals surface area contributed by atoms with Crippen LogP contribution in [0.5, 0.6) is 0 Å². The topological polar surface area (TPSA) is 43.4 Å². The molecule has 1 aliphatic rings. The Balaban J connectivity index is 0.000000673. The lowest BCUT2D eigenvalue weighted by atomic mass is 9.92. The summed E-state index contributed by atoms with van der Waals surface area (Å²) in [6.07, 6.45) is 4.04. The second kappa shape index (κ2) is 5.96. The van der Waals surface area contributed by atoms with E-state index in [4.69, 9.17) is 14.0 Å². The van der Waals surface area contributed by atoms with Crippen molar-refractivity contribution in [3.05, 3.63) is 11.8 Å². The highest BCUT2D eigenvalue weighted by molar-refractivity contribution is 6.70. The van der Waals surface area contributed by atoms with Gasteiger partial charge in [-0.2, -0.15) is 9.59 Å². The number of rotatable bonds is 2. The van der Waals surface area contributed by atoms with Crippen molar-refractivity contribution in [2.24, 2.45) is 0 Å². The van der Waals surface area contributed by atoms with Crippen LogP contribution in [-0.4, -0.2) is 20.1 Å². The fourth-order valence-corrected chi connectivity index (χ4v) is 2.37. The van der Waals surface area contributed by atoms with Gasteiger partial charge in [0.25, 0.3) is 0 Å². The summed E-state index contributed by atoms with van der Waals surface area (Å²) in [6.45, 7) is 8.11. The van der Waals surface area contributed by atoms with Gasteiger partial charge in [0.2, 0.25) is 8.32 Å². The van der Waals surface area contributed by atoms with Gasteiger partial charge in [-0.1, -0.05) is 0 Å². The first-order chi connectivity index (χ1) is 7.20. The highest BCUT2D eigenvalue weighted by Gasteiger charge is 2.28. The molecule has 1 rings (SSSR count). The standard InChI is InChI=1S/C10H19FOSi.CO2/c1-10(11)7-5-9(6-8-10)12-13(2,3)4;2-1-3/h5H,6-8H2,1-4H3;. The minimum absolute atomic E-state index is 0.250. The zero-order valence-corrected chi connectivity index (χ0v) is 11.3. The normalized spacial score (nSPS) is 24.7. The Morgan fingerprint density at radius 1 is 1.44 bits per heavy atom. The summed E-state index contributed by atoms with van der Waals surface area (Å²) in [6, 6.07) is 0. The molecule has 0 spiro atoms. The summed E-state index contributed by atoms with van der Waals surface area (Å²) >= 11 is 0. The van der Waals surface area contributed by atoms with Gasteiger partial charge in [-0.15, -0.1) is 0 Å². The van der Waals surface area contributed by atoms with Gasteiger partial charge in [-0.25, -0.2) is 4.39 Å². The quantitative estimate of drug-likeness (QED) is 0.703. The summed E-state index contributed by atoms with van der Waals surface area (Å²) in [5, 5.41) is 0. The number of hydrogen-bond donors (Lipinski definition) is 0. The molecular formula is C11H19FO3Si. The second-order valence-electron chi connectivity index (χ2n) is 5.09. The molecule has 0 aromatic carbocycles. The predicted molar refractivity (Wildman–Crippen MR) is 60.9 cm³/mol. The van der Waals surface area contributed by atoms with Gasteiger partial charge in [0.1, 0.15) is 5.67 Å². The van der Waals surface area contributed by atoms with Crippen LogP contribution >= 0.6 is 0 Å². The van der Waals surface area contributed by atoms with Crippen molar-refractivity contribution in [3.63, 3.8) is 0 Å². The maximum Gasteiger partial charge on any atom is 0.373 e. The van der Waals surface area contributed by atoms with Crippen LogP contribution in [0.1, 0.15) is 26.2 Å². The minimum Gasteiger partial charge on any atom is -0.548 e. The Bertz CT molecular complexity index is 286. The van der Waals surface area contributed by atoms with Crippen molar-refractivity contribution in [2.75, 3.05) is 0 Å². The van der Waals surface area contributed by atoms with E-state index in [9.17, 15) is 4.39 Å². The summed E-state index contributed by atoms with van der Waals surface area (Å²) in [7, 11) is -1.48. The zero-order valence-electron chi connectivity index (χ0n) is 10.3. The molecule has 0 aliphatic heterocycles. The van der Waals surface area contributed by atoms with E-state index < -0.39 is 14.0 Å². The Hall–Kier alpha value is -0.933. The van der Waals surface area contributed by atoms with Crippen LogP contribution in [0.2, 0.25) is 19.6 Å². The molecule has 0 heterocycles. The van der Waals surface area contributed by atoms with Crippen LogP contribution in [0.25, 0.3) is 0 Å². The second-order valence-corrected chi connectivity index (χ2v) is 9.51. The fourth-order valence-electron chi connectivity index (χ4n) is 1.40. The van der Waals surface area contributed by atoms with Crippen molar-refractivity contribution >= 4 is 14.5 Å². The van der Waals surface area contributed by atoms with Crippen molar-refractivity contribution < 1.29 is 18.4 Å². The molecule has 5 heteroatoms. The van der Waals surface area contributed by atoms with E-state index in [1.165, 1.54) is 0 Å². The highest BCUT2D eigenvalue weighted by atomic mass is 28.4. The molecule has 0 saturated carbocycles. The molecule has 3 nitrogen and oxygen atoms in total. The lowest BCUT2D eigenvalue weighted by Crippen LogP contribution is -2.28. The van der Waals surface area contributed by atoms with Gasteiger partial charge in [0.05, 0.1) is 5.76 Å². The van der Waals surface area contributed by atoms with Crippen LogP contribution < -0.4 is 0 Å². The summed E-state index contributed by atoms with van der Waals surface area (Å²) in [5.74, 6) is 1.01. The average molecular weight is 246 g/mol. The van der Waals surface area contributed by atoms with Gasteiger partial charge >= 0.3 is 6.15 Å². The van der Waals surface area contributed by atoms with Crippen LogP contribution in [0.15, 0.2) is 11.8 Å². The SMILES string of the molecule is CC1(F)CC=C(O[Si](C)(C)C)CC1.O=C=O. The van der Waals surface area contributed by atoms with E-state index >= 15 is 0 Å². The molecule has 0 saturated heterocycles. The molecule has 1 atom stereocenters. The predicted octanol–water partition coefficient (Wildman–Crippen LogP) is 3.05. The van der Waals surface area contributed by atoms with Gasteiger partial charge in [-0.3, -0.25) is 0 Å². The van der Waals surface area contributed by atoms with E-state index in [1.54, 1.807) is 6.92 Å². The van der Waals surface area contributed by atoms with Crippen molar-refractivity contribution in [3.8, 4) is 0 Å². The van der Waals surface area contributed by atoms with E-state index in [1.807, 2.05) is 6.08 Å². The van der Waals surface area contributed by atoms with Crippen molar-refractivity contribution in [2.45, 2.75) is 51.5 Å². The molecule has 1 unspecified atom stereocenters. The van der Waals surface area contributed by atoms with Gasteiger partial charge in [-0.05, 0) is 39.1 Å². The summed E-state index contributed by atoms with van der Waals surface area (Å²) in [5.41, 5.74) is -1.01. The molecule has 0 N–H and O–H groups in total. The van der Waals surface area contributed by atoms with Crippen molar-refractivity contribution in [1.82, 2.24) is 0 Å². The van der Waals surface area contributed by atoms with Gasteiger partial charge in [0.15, 0.2) is 0 Å². The van der Waals surface area contributed by atoms with Crippen LogP contribution in [0.4, 0.5) is 4.39 Å².